The third-order valence-corrected chi connectivity index (χ3v) is 5.31. The summed E-state index contributed by atoms with van der Waals surface area (Å²) in [4.78, 5) is 0.299. The van der Waals surface area contributed by atoms with Gasteiger partial charge in [0.15, 0.2) is 0 Å². The van der Waals surface area contributed by atoms with E-state index < -0.39 is 10.0 Å². The van der Waals surface area contributed by atoms with Crippen molar-refractivity contribution in [1.29, 1.82) is 0 Å². The van der Waals surface area contributed by atoms with Crippen LogP contribution in [0, 0.1) is 6.92 Å². The highest BCUT2D eigenvalue weighted by Crippen LogP contribution is 2.23. The number of H-pyrrole nitrogens is 1. The molecule has 1 aliphatic heterocycles. The SMILES string of the molecule is Cc1[nH]nc(CNC(C)C)c1S(=O)(=O)N1CCOCC1. The van der Waals surface area contributed by atoms with E-state index in [4.69, 9.17) is 4.74 Å². The Morgan fingerprint density at radius 1 is 1.40 bits per heavy atom. The fraction of sp³-hybridized carbons (Fsp3) is 0.750. The van der Waals surface area contributed by atoms with Crippen molar-refractivity contribution >= 4 is 10.0 Å². The Balaban J connectivity index is 2.28. The summed E-state index contributed by atoms with van der Waals surface area (Å²) in [5.41, 5.74) is 1.12. The Hall–Kier alpha value is -0.960. The van der Waals surface area contributed by atoms with Crippen molar-refractivity contribution in [2.45, 2.75) is 38.3 Å². The van der Waals surface area contributed by atoms with Gasteiger partial charge in [0.05, 0.1) is 24.6 Å². The Bertz CT molecular complexity index is 547. The van der Waals surface area contributed by atoms with Crippen LogP contribution < -0.4 is 5.32 Å². The molecule has 0 unspecified atom stereocenters. The topological polar surface area (TPSA) is 87.3 Å². The van der Waals surface area contributed by atoms with Crippen LogP contribution in [0.2, 0.25) is 0 Å². The first-order chi connectivity index (χ1) is 9.43. The number of aromatic nitrogens is 2. The lowest BCUT2D eigenvalue weighted by atomic mass is 10.3. The van der Waals surface area contributed by atoms with E-state index in [9.17, 15) is 8.42 Å². The zero-order chi connectivity index (χ0) is 14.8. The van der Waals surface area contributed by atoms with Gasteiger partial charge in [0.2, 0.25) is 10.0 Å². The van der Waals surface area contributed by atoms with Crippen molar-refractivity contribution in [3.05, 3.63) is 11.4 Å². The molecule has 2 heterocycles. The molecule has 0 radical (unpaired) electrons. The summed E-state index contributed by atoms with van der Waals surface area (Å²) in [5, 5.41) is 10.1. The zero-order valence-corrected chi connectivity index (χ0v) is 13.0. The van der Waals surface area contributed by atoms with Crippen LogP contribution in [0.1, 0.15) is 25.2 Å². The molecule has 1 aromatic heterocycles. The second-order valence-electron chi connectivity index (χ2n) is 5.18. The summed E-state index contributed by atoms with van der Waals surface area (Å²) in [6.45, 7) is 7.85. The summed E-state index contributed by atoms with van der Waals surface area (Å²) in [5.74, 6) is 0. The molecular weight excluding hydrogens is 280 g/mol. The summed E-state index contributed by atoms with van der Waals surface area (Å²) in [7, 11) is -3.51. The number of aryl methyl sites for hydroxylation is 1. The van der Waals surface area contributed by atoms with Gasteiger partial charge in [0, 0.05) is 25.7 Å². The van der Waals surface area contributed by atoms with Crippen LogP contribution in [0.3, 0.4) is 0 Å². The molecule has 1 aliphatic rings. The highest BCUT2D eigenvalue weighted by atomic mass is 32.2. The van der Waals surface area contributed by atoms with E-state index in [-0.39, 0.29) is 6.04 Å². The van der Waals surface area contributed by atoms with Gasteiger partial charge in [-0.1, -0.05) is 13.8 Å². The van der Waals surface area contributed by atoms with E-state index in [1.165, 1.54) is 4.31 Å². The molecule has 1 fully saturated rings. The fourth-order valence-corrected chi connectivity index (χ4v) is 3.88. The first-order valence-electron chi connectivity index (χ1n) is 6.78. The van der Waals surface area contributed by atoms with Crippen molar-refractivity contribution in [3.63, 3.8) is 0 Å². The van der Waals surface area contributed by atoms with Gasteiger partial charge in [-0.25, -0.2) is 8.42 Å². The maximum atomic E-state index is 12.7. The molecule has 7 nitrogen and oxygen atoms in total. The Morgan fingerprint density at radius 2 is 2.05 bits per heavy atom. The van der Waals surface area contributed by atoms with Crippen LogP contribution in [0.15, 0.2) is 4.90 Å². The number of hydrogen-bond acceptors (Lipinski definition) is 5. The maximum absolute atomic E-state index is 12.7. The van der Waals surface area contributed by atoms with Crippen molar-refractivity contribution < 1.29 is 13.2 Å². The molecule has 8 heteroatoms. The van der Waals surface area contributed by atoms with E-state index in [0.29, 0.717) is 49.1 Å². The van der Waals surface area contributed by atoms with Crippen LogP contribution in [0.4, 0.5) is 0 Å². The molecule has 0 bridgehead atoms. The minimum Gasteiger partial charge on any atom is -0.379 e. The van der Waals surface area contributed by atoms with Gasteiger partial charge in [-0.05, 0) is 6.92 Å². The molecule has 0 spiro atoms. The monoisotopic (exact) mass is 302 g/mol. The van der Waals surface area contributed by atoms with Gasteiger partial charge in [0.1, 0.15) is 4.90 Å². The Labute approximate surface area is 119 Å². The molecule has 1 aromatic rings. The third-order valence-electron chi connectivity index (χ3n) is 3.21. The van der Waals surface area contributed by atoms with E-state index >= 15 is 0 Å². The smallest absolute Gasteiger partial charge is 0.246 e. The Kier molecular flexibility index (Phi) is 4.79. The predicted molar refractivity (Wildman–Crippen MR) is 74.9 cm³/mol. The van der Waals surface area contributed by atoms with Crippen LogP contribution in [0.5, 0.6) is 0 Å². The summed E-state index contributed by atoms with van der Waals surface area (Å²) < 4.78 is 32.1. The predicted octanol–water partition coefficient (Wildman–Crippen LogP) is 0.237. The van der Waals surface area contributed by atoms with Crippen LogP contribution in [0.25, 0.3) is 0 Å². The molecule has 114 valence electrons. The highest BCUT2D eigenvalue weighted by molar-refractivity contribution is 7.89. The summed E-state index contributed by atoms with van der Waals surface area (Å²) in [6.07, 6.45) is 0. The lowest BCUT2D eigenvalue weighted by Crippen LogP contribution is -2.41. The van der Waals surface area contributed by atoms with Crippen molar-refractivity contribution in [3.8, 4) is 0 Å². The molecule has 0 amide bonds. The lowest BCUT2D eigenvalue weighted by Gasteiger charge is -2.26. The van der Waals surface area contributed by atoms with Crippen LogP contribution in [-0.2, 0) is 21.3 Å². The summed E-state index contributed by atoms with van der Waals surface area (Å²) >= 11 is 0. The van der Waals surface area contributed by atoms with Crippen LogP contribution >= 0.6 is 0 Å². The highest BCUT2D eigenvalue weighted by Gasteiger charge is 2.31. The normalized spacial score (nSPS) is 17.8. The quantitative estimate of drug-likeness (QED) is 0.813. The first kappa shape index (κ1) is 15.4. The number of ether oxygens (including phenoxy) is 1. The number of morpholine rings is 1. The number of nitrogens with one attached hydrogen (secondary N) is 2. The molecule has 20 heavy (non-hydrogen) atoms. The molecule has 1 saturated heterocycles. The average molecular weight is 302 g/mol. The molecule has 0 aromatic carbocycles. The van der Waals surface area contributed by atoms with E-state index in [1.807, 2.05) is 13.8 Å². The second-order valence-corrected chi connectivity index (χ2v) is 7.05. The number of sulfonamides is 1. The minimum atomic E-state index is -3.51. The number of hydrogen-bond donors (Lipinski definition) is 2. The van der Waals surface area contributed by atoms with Gasteiger partial charge in [-0.2, -0.15) is 9.40 Å². The maximum Gasteiger partial charge on any atom is 0.246 e. The largest absolute Gasteiger partial charge is 0.379 e. The average Bonchev–Trinajstić information content (AvgIpc) is 2.79. The standard InChI is InChI=1S/C12H22N4O3S/c1-9(2)13-8-11-12(10(3)14-15-11)20(17,18)16-4-6-19-7-5-16/h9,13H,4-8H2,1-3H3,(H,14,15). The van der Waals surface area contributed by atoms with Crippen molar-refractivity contribution in [1.82, 2.24) is 19.8 Å². The molecular formula is C12H22N4O3S. The third kappa shape index (κ3) is 3.20. The number of nitrogens with zero attached hydrogens (tertiary/aromatic N) is 2. The van der Waals surface area contributed by atoms with E-state index in [0.717, 1.165) is 0 Å². The van der Waals surface area contributed by atoms with Gasteiger partial charge in [-0.15, -0.1) is 0 Å². The van der Waals surface area contributed by atoms with Crippen molar-refractivity contribution in [2.75, 3.05) is 26.3 Å². The molecule has 0 saturated carbocycles. The number of aromatic amines is 1. The Morgan fingerprint density at radius 3 is 2.65 bits per heavy atom. The number of rotatable bonds is 5. The molecule has 2 N–H and O–H groups in total. The van der Waals surface area contributed by atoms with Crippen LogP contribution in [-0.4, -0.2) is 55.3 Å². The lowest BCUT2D eigenvalue weighted by molar-refractivity contribution is 0.0730. The fourth-order valence-electron chi connectivity index (χ4n) is 2.15. The van der Waals surface area contributed by atoms with Gasteiger partial charge >= 0.3 is 0 Å². The molecule has 0 aliphatic carbocycles. The van der Waals surface area contributed by atoms with E-state index in [1.54, 1.807) is 6.92 Å². The van der Waals surface area contributed by atoms with Gasteiger partial charge in [-0.3, -0.25) is 5.10 Å². The summed E-state index contributed by atoms with van der Waals surface area (Å²) in [6, 6.07) is 0.269. The van der Waals surface area contributed by atoms with E-state index in [2.05, 4.69) is 15.5 Å². The second kappa shape index (κ2) is 6.21. The first-order valence-corrected chi connectivity index (χ1v) is 8.22. The minimum absolute atomic E-state index is 0.269. The van der Waals surface area contributed by atoms with Gasteiger partial charge in [0.25, 0.3) is 0 Å². The molecule has 0 atom stereocenters. The molecule has 2 rings (SSSR count). The zero-order valence-electron chi connectivity index (χ0n) is 12.1. The van der Waals surface area contributed by atoms with Crippen molar-refractivity contribution in [2.24, 2.45) is 0 Å². The van der Waals surface area contributed by atoms with Gasteiger partial charge < -0.3 is 10.1 Å².